The Morgan fingerprint density at radius 2 is 1.82 bits per heavy atom. The molecule has 0 saturated carbocycles. The predicted molar refractivity (Wildman–Crippen MR) is 102 cm³/mol. The molecule has 116 valence electrons. The summed E-state index contributed by atoms with van der Waals surface area (Å²) in [6, 6.07) is 12.1. The van der Waals surface area contributed by atoms with E-state index >= 15 is 0 Å². The maximum atomic E-state index is 5.98. The van der Waals surface area contributed by atoms with E-state index < -0.39 is 0 Å². The minimum atomic E-state index is 0.726. The Balaban J connectivity index is 2.36. The van der Waals surface area contributed by atoms with Gasteiger partial charge in [0.25, 0.3) is 0 Å². The first kappa shape index (κ1) is 17.3. The van der Waals surface area contributed by atoms with Gasteiger partial charge >= 0.3 is 0 Å². The molecule has 22 heavy (non-hydrogen) atoms. The Kier molecular flexibility index (Phi) is 6.68. The van der Waals surface area contributed by atoms with Crippen molar-refractivity contribution < 1.29 is 0 Å². The van der Waals surface area contributed by atoms with Gasteiger partial charge in [-0.25, -0.2) is 0 Å². The molecule has 0 aliphatic carbocycles. The summed E-state index contributed by atoms with van der Waals surface area (Å²) in [4.78, 5) is 2.50. The van der Waals surface area contributed by atoms with Crippen LogP contribution in [-0.4, -0.2) is 17.2 Å². The van der Waals surface area contributed by atoms with Crippen LogP contribution in [0.4, 0.5) is 0 Å². The van der Waals surface area contributed by atoms with Gasteiger partial charge in [-0.1, -0.05) is 30.7 Å². The Hall–Kier alpha value is -1.10. The summed E-state index contributed by atoms with van der Waals surface area (Å²) in [5.41, 5.74) is 2.87. The van der Waals surface area contributed by atoms with Crippen molar-refractivity contribution in [3.63, 3.8) is 0 Å². The number of hydrogen-bond acceptors (Lipinski definition) is 4. The number of hydrogen-bond donors (Lipinski definition) is 0. The molecule has 0 aliphatic heterocycles. The first-order valence-electron chi connectivity index (χ1n) is 7.11. The lowest BCUT2D eigenvalue weighted by Gasteiger charge is -2.03. The van der Waals surface area contributed by atoms with Gasteiger partial charge in [0.2, 0.25) is 0 Å². The van der Waals surface area contributed by atoms with Gasteiger partial charge in [0.05, 0.1) is 4.88 Å². The highest BCUT2D eigenvalue weighted by Gasteiger charge is 2.10. The van der Waals surface area contributed by atoms with Crippen LogP contribution in [-0.2, 0) is 5.75 Å². The predicted octanol–water partition coefficient (Wildman–Crippen LogP) is 5.89. The molecule has 0 amide bonds. The van der Waals surface area contributed by atoms with Gasteiger partial charge in [0.15, 0.2) is 0 Å². The van der Waals surface area contributed by atoms with E-state index in [4.69, 9.17) is 11.6 Å². The summed E-state index contributed by atoms with van der Waals surface area (Å²) in [7, 11) is 0. The van der Waals surface area contributed by atoms with Crippen LogP contribution in [0.3, 0.4) is 0 Å². The van der Waals surface area contributed by atoms with Crippen molar-refractivity contribution in [2.24, 2.45) is 10.2 Å². The first-order valence-corrected chi connectivity index (χ1v) is 9.46. The van der Waals surface area contributed by atoms with E-state index in [9.17, 15) is 0 Å². The first-order chi connectivity index (χ1) is 10.6. The lowest BCUT2D eigenvalue weighted by atomic mass is 10.1. The number of thioether (sulfide) groups is 1. The zero-order valence-electron chi connectivity index (χ0n) is 13.0. The molecule has 2 nitrogen and oxygen atoms in total. The number of rotatable bonds is 6. The third kappa shape index (κ3) is 4.97. The fourth-order valence-corrected chi connectivity index (χ4v) is 3.72. The van der Waals surface area contributed by atoms with Crippen molar-refractivity contribution in [1.82, 2.24) is 0 Å². The number of nitrogens with zero attached hydrogens (tertiary/aromatic N) is 2. The zero-order chi connectivity index (χ0) is 15.9. The summed E-state index contributed by atoms with van der Waals surface area (Å²) >= 11 is 9.69. The topological polar surface area (TPSA) is 24.7 Å². The summed E-state index contributed by atoms with van der Waals surface area (Å²) in [5, 5.41) is 9.42. The van der Waals surface area contributed by atoms with Crippen LogP contribution in [0, 0.1) is 0 Å². The number of benzene rings is 1. The van der Waals surface area contributed by atoms with Crippen LogP contribution in [0.15, 0.2) is 46.6 Å². The normalized spacial score (nSPS) is 11.5. The fraction of sp³-hybridized carbons (Fsp3) is 0.294. The SMILES string of the molecule is CCSCc1ccc(C(=NN=C(C)C)c2ccc(Cl)cc2)s1. The van der Waals surface area contributed by atoms with Gasteiger partial charge in [-0.15, -0.1) is 16.4 Å². The molecule has 0 bridgehead atoms. The molecule has 2 rings (SSSR count). The van der Waals surface area contributed by atoms with E-state index in [1.807, 2.05) is 49.9 Å². The van der Waals surface area contributed by atoms with E-state index in [0.717, 1.165) is 38.4 Å². The van der Waals surface area contributed by atoms with Crippen molar-refractivity contribution >= 4 is 46.1 Å². The van der Waals surface area contributed by atoms with Crippen molar-refractivity contribution in [2.75, 3.05) is 5.75 Å². The molecule has 0 atom stereocenters. The van der Waals surface area contributed by atoms with Crippen LogP contribution in [0.2, 0.25) is 5.02 Å². The molecular weight excluding hydrogens is 332 g/mol. The molecule has 1 aromatic heterocycles. The maximum Gasteiger partial charge on any atom is 0.110 e. The minimum Gasteiger partial charge on any atom is -0.160 e. The Bertz CT molecular complexity index is 668. The van der Waals surface area contributed by atoms with Gasteiger partial charge in [0.1, 0.15) is 5.71 Å². The van der Waals surface area contributed by atoms with E-state index in [2.05, 4.69) is 29.3 Å². The molecule has 0 aliphatic rings. The molecule has 0 saturated heterocycles. The summed E-state index contributed by atoms with van der Waals surface area (Å²) in [5.74, 6) is 2.18. The van der Waals surface area contributed by atoms with Crippen LogP contribution < -0.4 is 0 Å². The fourth-order valence-electron chi connectivity index (χ4n) is 1.79. The second-order valence-corrected chi connectivity index (χ2v) is 7.78. The second-order valence-electron chi connectivity index (χ2n) is 4.91. The van der Waals surface area contributed by atoms with Gasteiger partial charge in [-0.05, 0) is 43.9 Å². The molecule has 0 spiro atoms. The molecule has 1 heterocycles. The highest BCUT2D eigenvalue weighted by molar-refractivity contribution is 7.98. The average Bonchev–Trinajstić information content (AvgIpc) is 2.95. The minimum absolute atomic E-state index is 0.726. The Labute approximate surface area is 145 Å². The number of halogens is 1. The van der Waals surface area contributed by atoms with Crippen LogP contribution >= 0.6 is 34.7 Å². The van der Waals surface area contributed by atoms with E-state index in [0.29, 0.717) is 0 Å². The van der Waals surface area contributed by atoms with Gasteiger partial charge in [-0.3, -0.25) is 0 Å². The molecular formula is C17H19ClN2S2. The van der Waals surface area contributed by atoms with Crippen molar-refractivity contribution in [3.05, 3.63) is 56.7 Å². The number of thiophene rings is 1. The quantitative estimate of drug-likeness (QED) is 0.471. The molecule has 2 aromatic rings. The van der Waals surface area contributed by atoms with Crippen LogP contribution in [0.25, 0.3) is 0 Å². The largest absolute Gasteiger partial charge is 0.160 e. The highest BCUT2D eigenvalue weighted by Crippen LogP contribution is 2.25. The van der Waals surface area contributed by atoms with Gasteiger partial charge < -0.3 is 0 Å². The maximum absolute atomic E-state index is 5.98. The van der Waals surface area contributed by atoms with Gasteiger partial charge in [0, 0.05) is 26.9 Å². The molecule has 1 aromatic carbocycles. The molecule has 0 fully saturated rings. The molecule has 0 N–H and O–H groups in total. The van der Waals surface area contributed by atoms with Crippen LogP contribution in [0.1, 0.15) is 36.1 Å². The van der Waals surface area contributed by atoms with Crippen LogP contribution in [0.5, 0.6) is 0 Å². The summed E-state index contributed by atoms with van der Waals surface area (Å²) in [6.07, 6.45) is 0. The third-order valence-electron chi connectivity index (χ3n) is 2.81. The third-order valence-corrected chi connectivity index (χ3v) is 5.26. The van der Waals surface area contributed by atoms with E-state index in [-0.39, 0.29) is 0 Å². The Morgan fingerprint density at radius 3 is 2.45 bits per heavy atom. The summed E-state index contributed by atoms with van der Waals surface area (Å²) in [6.45, 7) is 6.07. The second kappa shape index (κ2) is 8.51. The van der Waals surface area contributed by atoms with Crippen molar-refractivity contribution in [3.8, 4) is 0 Å². The van der Waals surface area contributed by atoms with E-state index in [1.54, 1.807) is 11.3 Å². The monoisotopic (exact) mass is 350 g/mol. The zero-order valence-corrected chi connectivity index (χ0v) is 15.4. The average molecular weight is 351 g/mol. The van der Waals surface area contributed by atoms with E-state index in [1.165, 1.54) is 4.88 Å². The smallest absolute Gasteiger partial charge is 0.110 e. The molecule has 0 unspecified atom stereocenters. The summed E-state index contributed by atoms with van der Waals surface area (Å²) < 4.78 is 0. The lowest BCUT2D eigenvalue weighted by Crippen LogP contribution is -2.00. The van der Waals surface area contributed by atoms with Crippen molar-refractivity contribution in [1.29, 1.82) is 0 Å². The molecule has 5 heteroatoms. The molecule has 0 radical (unpaired) electrons. The van der Waals surface area contributed by atoms with Crippen molar-refractivity contribution in [2.45, 2.75) is 26.5 Å². The standard InChI is InChI=1S/C17H19ClN2S2/c1-4-21-11-15-9-10-16(22-15)17(20-19-12(2)3)13-5-7-14(18)8-6-13/h5-10H,4,11H2,1-3H3. The van der Waals surface area contributed by atoms with Gasteiger partial charge in [-0.2, -0.15) is 16.9 Å². The highest BCUT2D eigenvalue weighted by atomic mass is 35.5. The lowest BCUT2D eigenvalue weighted by molar-refractivity contribution is 1.22. The Morgan fingerprint density at radius 1 is 1.09 bits per heavy atom.